The molecule has 0 saturated heterocycles. The van der Waals surface area contributed by atoms with E-state index in [1.807, 2.05) is 7.11 Å². The van der Waals surface area contributed by atoms with Gasteiger partial charge in [0.15, 0.2) is 0 Å². The molecular weight excluding hydrogens is 318 g/mol. The van der Waals surface area contributed by atoms with Crippen molar-refractivity contribution in [3.63, 3.8) is 0 Å². The zero-order valence-corrected chi connectivity index (χ0v) is 14.3. The number of hydrogen-bond donors (Lipinski definition) is 1. The van der Waals surface area contributed by atoms with Gasteiger partial charge in [-0.25, -0.2) is 0 Å². The molecule has 0 amide bonds. The van der Waals surface area contributed by atoms with Crippen molar-refractivity contribution in [2.75, 3.05) is 7.11 Å². The highest BCUT2D eigenvalue weighted by Crippen LogP contribution is 2.31. The molecule has 0 aromatic heterocycles. The molecule has 1 N–H and O–H groups in total. The SMILES string of the molecule is COC1CCC(N=CCC2CCC(O)C(Br)C2)CC1C. The maximum absolute atomic E-state index is 9.71. The Labute approximate surface area is 131 Å². The minimum Gasteiger partial charge on any atom is -0.392 e. The average molecular weight is 346 g/mol. The van der Waals surface area contributed by atoms with Crippen LogP contribution < -0.4 is 0 Å². The van der Waals surface area contributed by atoms with Crippen LogP contribution >= 0.6 is 15.9 Å². The lowest BCUT2D eigenvalue weighted by Crippen LogP contribution is -2.31. The van der Waals surface area contributed by atoms with Crippen molar-refractivity contribution in [1.82, 2.24) is 0 Å². The van der Waals surface area contributed by atoms with Crippen molar-refractivity contribution in [2.45, 2.75) is 74.9 Å². The summed E-state index contributed by atoms with van der Waals surface area (Å²) in [7, 11) is 1.82. The highest BCUT2D eigenvalue weighted by Gasteiger charge is 2.28. The lowest BCUT2D eigenvalue weighted by atomic mass is 9.84. The molecule has 4 heteroatoms. The number of alkyl halides is 1. The first kappa shape index (κ1) is 16.4. The fraction of sp³-hybridized carbons (Fsp3) is 0.938. The maximum Gasteiger partial charge on any atom is 0.0665 e. The van der Waals surface area contributed by atoms with Crippen LogP contribution in [0.5, 0.6) is 0 Å². The third kappa shape index (κ3) is 4.54. The van der Waals surface area contributed by atoms with E-state index in [1.165, 1.54) is 0 Å². The second-order valence-electron chi connectivity index (χ2n) is 6.55. The summed E-state index contributed by atoms with van der Waals surface area (Å²) in [5.74, 6) is 1.30. The fourth-order valence-corrected chi connectivity index (χ4v) is 4.37. The van der Waals surface area contributed by atoms with Crippen molar-refractivity contribution in [1.29, 1.82) is 0 Å². The van der Waals surface area contributed by atoms with E-state index in [0.29, 0.717) is 24.0 Å². The van der Waals surface area contributed by atoms with Crippen LogP contribution in [0.25, 0.3) is 0 Å². The second kappa shape index (κ2) is 7.90. The predicted octanol–water partition coefficient (Wildman–Crippen LogP) is 3.58. The molecular formula is C16H28BrNO2. The highest BCUT2D eigenvalue weighted by atomic mass is 79.9. The molecule has 116 valence electrons. The average Bonchev–Trinajstić information content (AvgIpc) is 2.43. The minimum absolute atomic E-state index is 0.159. The summed E-state index contributed by atoms with van der Waals surface area (Å²) in [6.45, 7) is 2.27. The van der Waals surface area contributed by atoms with Crippen LogP contribution in [0.2, 0.25) is 0 Å². The Kier molecular flexibility index (Phi) is 6.50. The number of ether oxygens (including phenoxy) is 1. The maximum atomic E-state index is 9.71. The third-order valence-corrected chi connectivity index (χ3v) is 5.95. The van der Waals surface area contributed by atoms with Crippen molar-refractivity contribution < 1.29 is 9.84 Å². The zero-order valence-electron chi connectivity index (χ0n) is 12.7. The first-order chi connectivity index (χ1) is 9.60. The Morgan fingerprint density at radius 3 is 2.70 bits per heavy atom. The number of aliphatic hydroxyl groups is 1. The van der Waals surface area contributed by atoms with Gasteiger partial charge in [-0.05, 0) is 63.0 Å². The van der Waals surface area contributed by atoms with Crippen LogP contribution in [-0.4, -0.2) is 41.5 Å². The molecule has 0 aliphatic heterocycles. The summed E-state index contributed by atoms with van der Waals surface area (Å²) < 4.78 is 5.49. The Bertz CT molecular complexity index is 324. The first-order valence-corrected chi connectivity index (χ1v) is 8.88. The summed E-state index contributed by atoms with van der Waals surface area (Å²) >= 11 is 3.58. The van der Waals surface area contributed by atoms with Crippen LogP contribution in [0.1, 0.15) is 51.9 Å². The Morgan fingerprint density at radius 1 is 1.25 bits per heavy atom. The van der Waals surface area contributed by atoms with Gasteiger partial charge in [-0.15, -0.1) is 0 Å². The molecule has 0 heterocycles. The van der Waals surface area contributed by atoms with Gasteiger partial charge in [0.05, 0.1) is 12.2 Å². The largest absolute Gasteiger partial charge is 0.392 e. The monoisotopic (exact) mass is 345 g/mol. The molecule has 0 aromatic carbocycles. The summed E-state index contributed by atoms with van der Waals surface area (Å²) in [5.41, 5.74) is 0. The molecule has 2 aliphatic rings. The summed E-state index contributed by atoms with van der Waals surface area (Å²) in [6.07, 6.45) is 10.0. The van der Waals surface area contributed by atoms with Crippen molar-refractivity contribution in [2.24, 2.45) is 16.8 Å². The molecule has 2 fully saturated rings. The van der Waals surface area contributed by atoms with E-state index in [4.69, 9.17) is 9.73 Å². The number of hydrogen-bond acceptors (Lipinski definition) is 3. The second-order valence-corrected chi connectivity index (χ2v) is 7.72. The Hall–Kier alpha value is 0.0700. The molecule has 3 nitrogen and oxygen atoms in total. The molecule has 2 rings (SSSR count). The highest BCUT2D eigenvalue weighted by molar-refractivity contribution is 9.09. The van der Waals surface area contributed by atoms with E-state index in [2.05, 4.69) is 29.1 Å². The van der Waals surface area contributed by atoms with E-state index in [0.717, 1.165) is 44.9 Å². The van der Waals surface area contributed by atoms with Gasteiger partial charge in [0.2, 0.25) is 0 Å². The quantitative estimate of drug-likeness (QED) is 0.625. The van der Waals surface area contributed by atoms with Gasteiger partial charge in [0.1, 0.15) is 0 Å². The van der Waals surface area contributed by atoms with Gasteiger partial charge >= 0.3 is 0 Å². The molecule has 20 heavy (non-hydrogen) atoms. The van der Waals surface area contributed by atoms with Crippen molar-refractivity contribution >= 4 is 22.1 Å². The molecule has 6 atom stereocenters. The van der Waals surface area contributed by atoms with Gasteiger partial charge in [-0.3, -0.25) is 4.99 Å². The van der Waals surface area contributed by atoms with Crippen molar-refractivity contribution in [3.05, 3.63) is 0 Å². The number of aliphatic imine (C=N–C) groups is 1. The minimum atomic E-state index is -0.159. The molecule has 0 aromatic rings. The van der Waals surface area contributed by atoms with E-state index >= 15 is 0 Å². The standard InChI is InChI=1S/C16H28BrNO2/c1-11-9-13(4-6-16(11)20-2)18-8-7-12-3-5-15(19)14(17)10-12/h8,11-16,19H,3-7,9-10H2,1-2H3. The summed E-state index contributed by atoms with van der Waals surface area (Å²) in [6, 6.07) is 0.491. The van der Waals surface area contributed by atoms with Crippen LogP contribution in [-0.2, 0) is 4.74 Å². The third-order valence-electron chi connectivity index (χ3n) is 4.97. The number of aliphatic hydroxyl groups excluding tert-OH is 1. The van der Waals surface area contributed by atoms with Gasteiger partial charge in [-0.2, -0.15) is 0 Å². The predicted molar refractivity (Wildman–Crippen MR) is 86.8 cm³/mol. The molecule has 2 aliphatic carbocycles. The normalized spacial score (nSPS) is 43.0. The van der Waals surface area contributed by atoms with Gasteiger partial charge in [0.25, 0.3) is 0 Å². The summed E-state index contributed by atoms with van der Waals surface area (Å²) in [5, 5.41) is 9.71. The van der Waals surface area contributed by atoms with Crippen LogP contribution in [0.4, 0.5) is 0 Å². The number of methoxy groups -OCH3 is 1. The van der Waals surface area contributed by atoms with Gasteiger partial charge < -0.3 is 9.84 Å². The molecule has 0 bridgehead atoms. The Balaban J connectivity index is 1.71. The Morgan fingerprint density at radius 2 is 2.05 bits per heavy atom. The van der Waals surface area contributed by atoms with Gasteiger partial charge in [-0.1, -0.05) is 22.9 Å². The van der Waals surface area contributed by atoms with Crippen LogP contribution in [0.3, 0.4) is 0 Å². The van der Waals surface area contributed by atoms with E-state index < -0.39 is 0 Å². The number of rotatable bonds is 4. The fourth-order valence-electron chi connectivity index (χ4n) is 3.58. The lowest BCUT2D eigenvalue weighted by Gasteiger charge is -2.31. The first-order valence-electron chi connectivity index (χ1n) is 7.96. The summed E-state index contributed by atoms with van der Waals surface area (Å²) in [4.78, 5) is 5.05. The van der Waals surface area contributed by atoms with Crippen molar-refractivity contribution in [3.8, 4) is 0 Å². The molecule has 6 unspecified atom stereocenters. The van der Waals surface area contributed by atoms with Crippen LogP contribution in [0, 0.1) is 11.8 Å². The smallest absolute Gasteiger partial charge is 0.0665 e. The van der Waals surface area contributed by atoms with E-state index in [1.54, 1.807) is 0 Å². The van der Waals surface area contributed by atoms with Gasteiger partial charge in [0, 0.05) is 18.0 Å². The zero-order chi connectivity index (χ0) is 14.5. The topological polar surface area (TPSA) is 41.8 Å². The number of nitrogens with zero attached hydrogens (tertiary/aromatic N) is 1. The number of halogens is 1. The van der Waals surface area contributed by atoms with E-state index in [-0.39, 0.29) is 10.9 Å². The molecule has 2 saturated carbocycles. The lowest BCUT2D eigenvalue weighted by molar-refractivity contribution is 0.0263. The molecule has 0 radical (unpaired) electrons. The van der Waals surface area contributed by atoms with Crippen LogP contribution in [0.15, 0.2) is 4.99 Å². The molecule has 0 spiro atoms. The van der Waals surface area contributed by atoms with E-state index in [9.17, 15) is 5.11 Å².